The van der Waals surface area contributed by atoms with Crippen molar-refractivity contribution in [1.29, 1.82) is 5.26 Å². The Morgan fingerprint density at radius 3 is 2.53 bits per heavy atom. The molecule has 0 fully saturated rings. The maximum absolute atomic E-state index is 12.0. The minimum absolute atomic E-state index is 0.233. The van der Waals surface area contributed by atoms with Crippen LogP contribution < -0.4 is 4.72 Å². The molecular weight excluding hydrogens is 236 g/mol. The highest BCUT2D eigenvalue weighted by Crippen LogP contribution is 2.16. The van der Waals surface area contributed by atoms with E-state index in [0.717, 1.165) is 0 Å². The van der Waals surface area contributed by atoms with Crippen molar-refractivity contribution in [1.82, 2.24) is 4.72 Å². The van der Waals surface area contributed by atoms with Gasteiger partial charge in [0.15, 0.2) is 0 Å². The molecule has 0 spiro atoms. The van der Waals surface area contributed by atoms with Crippen LogP contribution in [0.2, 0.25) is 0 Å². The molecule has 1 aromatic carbocycles. The Kier molecular flexibility index (Phi) is 4.27. The second-order valence-electron chi connectivity index (χ2n) is 4.34. The molecule has 0 aliphatic rings. The van der Waals surface area contributed by atoms with Crippen LogP contribution >= 0.6 is 0 Å². The Balaban J connectivity index is 3.04. The van der Waals surface area contributed by atoms with Gasteiger partial charge >= 0.3 is 0 Å². The highest BCUT2D eigenvalue weighted by molar-refractivity contribution is 7.89. The second-order valence-corrected chi connectivity index (χ2v) is 6.07. The van der Waals surface area contributed by atoms with Crippen molar-refractivity contribution < 1.29 is 8.42 Å². The van der Waals surface area contributed by atoms with E-state index in [1.807, 2.05) is 19.9 Å². The van der Waals surface area contributed by atoms with E-state index >= 15 is 0 Å². The summed E-state index contributed by atoms with van der Waals surface area (Å²) in [4.78, 5) is 0.233. The lowest BCUT2D eigenvalue weighted by Gasteiger charge is -2.10. The van der Waals surface area contributed by atoms with Crippen LogP contribution in [0.15, 0.2) is 23.1 Å². The topological polar surface area (TPSA) is 70.0 Å². The van der Waals surface area contributed by atoms with Gasteiger partial charge in [0.25, 0.3) is 0 Å². The molecule has 0 bridgehead atoms. The molecule has 0 radical (unpaired) electrons. The molecule has 4 nitrogen and oxygen atoms in total. The van der Waals surface area contributed by atoms with Crippen LogP contribution in [0.25, 0.3) is 0 Å². The number of sulfonamides is 1. The summed E-state index contributed by atoms with van der Waals surface area (Å²) in [5, 5.41) is 8.72. The van der Waals surface area contributed by atoms with E-state index in [1.165, 1.54) is 12.1 Å². The van der Waals surface area contributed by atoms with Gasteiger partial charge in [-0.15, -0.1) is 0 Å². The predicted molar refractivity (Wildman–Crippen MR) is 65.9 cm³/mol. The third-order valence-electron chi connectivity index (χ3n) is 2.28. The maximum atomic E-state index is 12.0. The molecule has 0 atom stereocenters. The number of nitrogens with zero attached hydrogens (tertiary/aromatic N) is 1. The normalized spacial score (nSPS) is 11.5. The van der Waals surface area contributed by atoms with Crippen LogP contribution in [0.4, 0.5) is 0 Å². The number of hydrogen-bond donors (Lipinski definition) is 1. The van der Waals surface area contributed by atoms with Crippen molar-refractivity contribution >= 4 is 10.0 Å². The predicted octanol–water partition coefficient (Wildman–Crippen LogP) is 1.80. The fraction of sp³-hybridized carbons (Fsp3) is 0.417. The van der Waals surface area contributed by atoms with Crippen LogP contribution in [0.3, 0.4) is 0 Å². The molecule has 0 heterocycles. The van der Waals surface area contributed by atoms with Gasteiger partial charge in [0, 0.05) is 6.54 Å². The number of nitriles is 1. The summed E-state index contributed by atoms with van der Waals surface area (Å²) in [5.74, 6) is 0.253. The molecule has 0 unspecified atom stereocenters. The second kappa shape index (κ2) is 5.30. The Labute approximate surface area is 102 Å². The molecule has 1 aromatic rings. The lowest BCUT2D eigenvalue weighted by molar-refractivity contribution is 0.559. The SMILES string of the molecule is Cc1cc(C#N)ccc1S(=O)(=O)NCC(C)C. The fourth-order valence-corrected chi connectivity index (χ4v) is 2.81. The first-order valence-electron chi connectivity index (χ1n) is 5.37. The molecule has 0 saturated carbocycles. The van der Waals surface area contributed by atoms with Crippen molar-refractivity contribution in [3.63, 3.8) is 0 Å². The van der Waals surface area contributed by atoms with Crippen molar-refractivity contribution in [2.75, 3.05) is 6.54 Å². The zero-order valence-electron chi connectivity index (χ0n) is 10.2. The quantitative estimate of drug-likeness (QED) is 0.888. The standard InChI is InChI=1S/C12H16N2O2S/c1-9(2)8-14-17(15,16)12-5-4-11(7-13)6-10(12)3/h4-6,9,14H,8H2,1-3H3. The summed E-state index contributed by atoms with van der Waals surface area (Å²) >= 11 is 0. The van der Waals surface area contributed by atoms with Gasteiger partial charge in [-0.2, -0.15) is 5.26 Å². The highest BCUT2D eigenvalue weighted by atomic mass is 32.2. The Morgan fingerprint density at radius 1 is 1.41 bits per heavy atom. The highest BCUT2D eigenvalue weighted by Gasteiger charge is 2.16. The lowest BCUT2D eigenvalue weighted by Crippen LogP contribution is -2.28. The minimum atomic E-state index is -3.47. The van der Waals surface area contributed by atoms with Crippen LogP contribution in [0.1, 0.15) is 25.0 Å². The van der Waals surface area contributed by atoms with Crippen molar-refractivity contribution in [3.05, 3.63) is 29.3 Å². The molecule has 1 rings (SSSR count). The molecule has 0 aliphatic carbocycles. The van der Waals surface area contributed by atoms with Gasteiger partial charge < -0.3 is 0 Å². The zero-order chi connectivity index (χ0) is 13.1. The van der Waals surface area contributed by atoms with E-state index < -0.39 is 10.0 Å². The summed E-state index contributed by atoms with van der Waals surface area (Å²) in [7, 11) is -3.47. The van der Waals surface area contributed by atoms with Crippen molar-refractivity contribution in [2.24, 2.45) is 5.92 Å². The minimum Gasteiger partial charge on any atom is -0.211 e. The molecule has 0 aromatic heterocycles. The van der Waals surface area contributed by atoms with Gasteiger partial charge in [0.05, 0.1) is 16.5 Å². The number of nitrogens with one attached hydrogen (secondary N) is 1. The van der Waals surface area contributed by atoms with E-state index in [-0.39, 0.29) is 10.8 Å². The summed E-state index contributed by atoms with van der Waals surface area (Å²) < 4.78 is 26.5. The van der Waals surface area contributed by atoms with Gasteiger partial charge in [0.2, 0.25) is 10.0 Å². The Hall–Kier alpha value is -1.38. The molecule has 5 heteroatoms. The third-order valence-corrected chi connectivity index (χ3v) is 3.86. The van der Waals surface area contributed by atoms with E-state index in [0.29, 0.717) is 17.7 Å². The molecular formula is C12H16N2O2S. The van der Waals surface area contributed by atoms with Gasteiger partial charge in [-0.1, -0.05) is 13.8 Å². The number of hydrogen-bond acceptors (Lipinski definition) is 3. The van der Waals surface area contributed by atoms with Crippen LogP contribution in [-0.4, -0.2) is 15.0 Å². The van der Waals surface area contributed by atoms with E-state index in [1.54, 1.807) is 13.0 Å². The Morgan fingerprint density at radius 2 is 2.06 bits per heavy atom. The van der Waals surface area contributed by atoms with Gasteiger partial charge in [0.1, 0.15) is 0 Å². The first-order valence-corrected chi connectivity index (χ1v) is 6.85. The van der Waals surface area contributed by atoms with Crippen molar-refractivity contribution in [2.45, 2.75) is 25.7 Å². The van der Waals surface area contributed by atoms with Gasteiger partial charge in [-0.3, -0.25) is 0 Å². The summed E-state index contributed by atoms with van der Waals surface area (Å²) in [6, 6.07) is 6.53. The number of rotatable bonds is 4. The molecule has 0 saturated heterocycles. The molecule has 1 N–H and O–H groups in total. The molecule has 92 valence electrons. The van der Waals surface area contributed by atoms with Crippen LogP contribution in [-0.2, 0) is 10.0 Å². The van der Waals surface area contributed by atoms with Crippen molar-refractivity contribution in [3.8, 4) is 6.07 Å². The van der Waals surface area contributed by atoms with E-state index in [9.17, 15) is 8.42 Å². The number of aryl methyl sites for hydroxylation is 1. The van der Waals surface area contributed by atoms with Gasteiger partial charge in [-0.05, 0) is 36.6 Å². The summed E-state index contributed by atoms with van der Waals surface area (Å²) in [6.45, 7) is 5.97. The van der Waals surface area contributed by atoms with Crippen LogP contribution in [0, 0.1) is 24.2 Å². The largest absolute Gasteiger partial charge is 0.240 e. The maximum Gasteiger partial charge on any atom is 0.240 e. The smallest absolute Gasteiger partial charge is 0.211 e. The molecule has 0 amide bonds. The van der Waals surface area contributed by atoms with Gasteiger partial charge in [-0.25, -0.2) is 13.1 Å². The Bertz CT molecular complexity index is 542. The summed E-state index contributed by atoms with van der Waals surface area (Å²) in [5.41, 5.74) is 1.05. The fourth-order valence-electron chi connectivity index (χ4n) is 1.37. The first-order chi connectivity index (χ1) is 7.86. The first kappa shape index (κ1) is 13.7. The van der Waals surface area contributed by atoms with E-state index in [2.05, 4.69) is 4.72 Å². The molecule has 17 heavy (non-hydrogen) atoms. The lowest BCUT2D eigenvalue weighted by atomic mass is 10.2. The third kappa shape index (κ3) is 3.55. The monoisotopic (exact) mass is 252 g/mol. The molecule has 0 aliphatic heterocycles. The van der Waals surface area contributed by atoms with Crippen LogP contribution in [0.5, 0.6) is 0 Å². The van der Waals surface area contributed by atoms with E-state index in [4.69, 9.17) is 5.26 Å². The average Bonchev–Trinajstić information content (AvgIpc) is 2.26. The zero-order valence-corrected chi connectivity index (χ0v) is 11.0. The summed E-state index contributed by atoms with van der Waals surface area (Å²) in [6.07, 6.45) is 0. The average molecular weight is 252 g/mol. The number of benzene rings is 1.